The van der Waals surface area contributed by atoms with Gasteiger partial charge in [-0.2, -0.15) is 0 Å². The maximum Gasteiger partial charge on any atom is 0.137 e. The van der Waals surface area contributed by atoms with Gasteiger partial charge in [0.2, 0.25) is 0 Å². The highest BCUT2D eigenvalue weighted by Crippen LogP contribution is 2.27. The lowest BCUT2D eigenvalue weighted by Gasteiger charge is -2.09. The van der Waals surface area contributed by atoms with E-state index in [0.717, 1.165) is 22.1 Å². The highest BCUT2D eigenvalue weighted by Gasteiger charge is 2.04. The largest absolute Gasteiger partial charge is 0.491 e. The summed E-state index contributed by atoms with van der Waals surface area (Å²) >= 11 is 1.63. The number of hydrogen-bond acceptors (Lipinski definition) is 4. The molecule has 1 aromatic heterocycles. The molecule has 1 aromatic carbocycles. The van der Waals surface area contributed by atoms with Gasteiger partial charge < -0.3 is 10.1 Å². The number of rotatable bonds is 4. The van der Waals surface area contributed by atoms with E-state index in [9.17, 15) is 0 Å². The Morgan fingerprint density at radius 3 is 2.47 bits per heavy atom. The van der Waals surface area contributed by atoms with E-state index in [1.807, 2.05) is 50.5 Å². The van der Waals surface area contributed by atoms with Crippen molar-refractivity contribution in [2.75, 3.05) is 12.4 Å². The average molecular weight is 248 g/mol. The van der Waals surface area contributed by atoms with Gasteiger partial charge in [0, 0.05) is 18.0 Å². The number of thiazole rings is 1. The number of anilines is 1. The second-order valence-electron chi connectivity index (χ2n) is 3.98. The average Bonchev–Trinajstić information content (AvgIpc) is 2.78. The van der Waals surface area contributed by atoms with Crippen molar-refractivity contribution in [2.45, 2.75) is 20.0 Å². The Balaban J connectivity index is 2.17. The fourth-order valence-corrected chi connectivity index (χ4v) is 2.29. The van der Waals surface area contributed by atoms with Crippen molar-refractivity contribution in [1.29, 1.82) is 0 Å². The Kier molecular flexibility index (Phi) is 3.64. The molecule has 1 heterocycles. The Hall–Kier alpha value is -1.55. The summed E-state index contributed by atoms with van der Waals surface area (Å²) in [4.78, 5) is 4.46. The monoisotopic (exact) mass is 248 g/mol. The SMILES string of the molecule is CNc1csc(-c2ccc(OC(C)C)cc2)n1. The second kappa shape index (κ2) is 5.19. The minimum Gasteiger partial charge on any atom is -0.491 e. The van der Waals surface area contributed by atoms with Crippen LogP contribution < -0.4 is 10.1 Å². The van der Waals surface area contributed by atoms with E-state index in [-0.39, 0.29) is 6.10 Å². The summed E-state index contributed by atoms with van der Waals surface area (Å²) in [5.74, 6) is 1.81. The molecule has 2 aromatic rings. The van der Waals surface area contributed by atoms with Crippen LogP contribution in [0.1, 0.15) is 13.8 Å². The van der Waals surface area contributed by atoms with Crippen LogP contribution in [0.15, 0.2) is 29.6 Å². The first kappa shape index (κ1) is 11.9. The molecule has 0 aliphatic rings. The maximum absolute atomic E-state index is 5.60. The highest BCUT2D eigenvalue weighted by molar-refractivity contribution is 7.13. The summed E-state index contributed by atoms with van der Waals surface area (Å²) in [5.41, 5.74) is 1.12. The number of nitrogens with zero attached hydrogens (tertiary/aromatic N) is 1. The third-order valence-corrected chi connectivity index (χ3v) is 3.12. The Morgan fingerprint density at radius 2 is 1.94 bits per heavy atom. The zero-order valence-electron chi connectivity index (χ0n) is 10.2. The molecule has 0 unspecified atom stereocenters. The van der Waals surface area contributed by atoms with Gasteiger partial charge in [-0.25, -0.2) is 4.98 Å². The molecule has 2 rings (SSSR count). The van der Waals surface area contributed by atoms with Crippen LogP contribution in [0.3, 0.4) is 0 Å². The van der Waals surface area contributed by atoms with Crippen LogP contribution >= 0.6 is 11.3 Å². The van der Waals surface area contributed by atoms with E-state index >= 15 is 0 Å². The third kappa shape index (κ3) is 2.97. The van der Waals surface area contributed by atoms with Crippen LogP contribution in [0.2, 0.25) is 0 Å². The molecule has 0 bridgehead atoms. The molecule has 0 fully saturated rings. The summed E-state index contributed by atoms with van der Waals surface area (Å²) < 4.78 is 5.60. The van der Waals surface area contributed by atoms with E-state index in [1.54, 1.807) is 11.3 Å². The molecule has 0 saturated heterocycles. The Morgan fingerprint density at radius 1 is 1.24 bits per heavy atom. The summed E-state index contributed by atoms with van der Waals surface area (Å²) in [6.45, 7) is 4.04. The van der Waals surface area contributed by atoms with Gasteiger partial charge in [0.25, 0.3) is 0 Å². The van der Waals surface area contributed by atoms with Crippen molar-refractivity contribution >= 4 is 17.2 Å². The van der Waals surface area contributed by atoms with Crippen LogP contribution in [-0.4, -0.2) is 18.1 Å². The van der Waals surface area contributed by atoms with Crippen molar-refractivity contribution < 1.29 is 4.74 Å². The molecule has 0 amide bonds. The molecule has 17 heavy (non-hydrogen) atoms. The van der Waals surface area contributed by atoms with Crippen molar-refractivity contribution in [3.63, 3.8) is 0 Å². The van der Waals surface area contributed by atoms with Gasteiger partial charge >= 0.3 is 0 Å². The zero-order chi connectivity index (χ0) is 12.3. The van der Waals surface area contributed by atoms with E-state index in [4.69, 9.17) is 4.74 Å². The van der Waals surface area contributed by atoms with E-state index in [1.165, 1.54) is 0 Å². The molecular formula is C13H16N2OS. The van der Waals surface area contributed by atoms with Gasteiger partial charge in [0.1, 0.15) is 16.6 Å². The number of benzene rings is 1. The number of ether oxygens (including phenoxy) is 1. The number of hydrogen-bond donors (Lipinski definition) is 1. The zero-order valence-corrected chi connectivity index (χ0v) is 11.0. The third-order valence-electron chi connectivity index (χ3n) is 2.23. The lowest BCUT2D eigenvalue weighted by Crippen LogP contribution is -2.05. The molecule has 0 aliphatic carbocycles. The topological polar surface area (TPSA) is 34.1 Å². The van der Waals surface area contributed by atoms with Crippen molar-refractivity contribution in [1.82, 2.24) is 4.98 Å². The lowest BCUT2D eigenvalue weighted by molar-refractivity contribution is 0.242. The van der Waals surface area contributed by atoms with Crippen molar-refractivity contribution in [3.8, 4) is 16.3 Å². The summed E-state index contributed by atoms with van der Waals surface area (Å²) in [5, 5.41) is 6.06. The van der Waals surface area contributed by atoms with Crippen LogP contribution in [0, 0.1) is 0 Å². The molecule has 0 spiro atoms. The van der Waals surface area contributed by atoms with E-state index in [0.29, 0.717) is 0 Å². The highest BCUT2D eigenvalue weighted by atomic mass is 32.1. The van der Waals surface area contributed by atoms with E-state index in [2.05, 4.69) is 10.3 Å². The molecule has 3 nitrogen and oxygen atoms in total. The van der Waals surface area contributed by atoms with Crippen LogP contribution in [0.4, 0.5) is 5.82 Å². The van der Waals surface area contributed by atoms with Crippen LogP contribution in [-0.2, 0) is 0 Å². The summed E-state index contributed by atoms with van der Waals surface area (Å²) in [6, 6.07) is 8.04. The van der Waals surface area contributed by atoms with Gasteiger partial charge in [0.05, 0.1) is 6.10 Å². The van der Waals surface area contributed by atoms with Gasteiger partial charge in [-0.1, -0.05) is 0 Å². The fraction of sp³-hybridized carbons (Fsp3) is 0.308. The molecule has 0 aliphatic heterocycles. The standard InChI is InChI=1S/C13H16N2OS/c1-9(2)16-11-6-4-10(5-7-11)13-15-12(14-3)8-17-13/h4-9,14H,1-3H3. The smallest absolute Gasteiger partial charge is 0.137 e. The Bertz CT molecular complexity index is 476. The van der Waals surface area contributed by atoms with Gasteiger partial charge in [-0.3, -0.25) is 0 Å². The normalized spacial score (nSPS) is 10.6. The summed E-state index contributed by atoms with van der Waals surface area (Å²) in [7, 11) is 1.87. The van der Waals surface area contributed by atoms with Crippen molar-refractivity contribution in [2.24, 2.45) is 0 Å². The predicted molar refractivity (Wildman–Crippen MR) is 72.9 cm³/mol. The van der Waals surface area contributed by atoms with Gasteiger partial charge in [-0.05, 0) is 38.1 Å². The minimum atomic E-state index is 0.205. The van der Waals surface area contributed by atoms with E-state index < -0.39 is 0 Å². The molecule has 0 radical (unpaired) electrons. The molecular weight excluding hydrogens is 232 g/mol. The predicted octanol–water partition coefficient (Wildman–Crippen LogP) is 3.64. The first-order valence-corrected chi connectivity index (χ1v) is 6.47. The van der Waals surface area contributed by atoms with Crippen molar-refractivity contribution in [3.05, 3.63) is 29.6 Å². The number of aromatic nitrogens is 1. The minimum absolute atomic E-state index is 0.205. The Labute approximate surface area is 105 Å². The molecule has 4 heteroatoms. The van der Waals surface area contributed by atoms with Gasteiger partial charge in [0.15, 0.2) is 0 Å². The lowest BCUT2D eigenvalue weighted by atomic mass is 10.2. The molecule has 1 N–H and O–H groups in total. The molecule has 90 valence electrons. The van der Waals surface area contributed by atoms with Crippen LogP contribution in [0.25, 0.3) is 10.6 Å². The van der Waals surface area contributed by atoms with Crippen LogP contribution in [0.5, 0.6) is 5.75 Å². The van der Waals surface area contributed by atoms with Gasteiger partial charge in [-0.15, -0.1) is 11.3 Å². The first-order chi connectivity index (χ1) is 8.19. The maximum atomic E-state index is 5.60. The quantitative estimate of drug-likeness (QED) is 0.897. The second-order valence-corrected chi connectivity index (χ2v) is 4.84. The fourth-order valence-electron chi connectivity index (χ4n) is 1.47. The first-order valence-electron chi connectivity index (χ1n) is 5.59. The number of nitrogens with one attached hydrogen (secondary N) is 1. The molecule has 0 atom stereocenters. The molecule has 0 saturated carbocycles. The summed E-state index contributed by atoms with van der Waals surface area (Å²) in [6.07, 6.45) is 0.205.